The third kappa shape index (κ3) is 4.01. The average Bonchev–Trinajstić information content (AvgIpc) is 3.20. The van der Waals surface area contributed by atoms with E-state index in [1.807, 2.05) is 30.3 Å². The summed E-state index contributed by atoms with van der Waals surface area (Å²) in [7, 11) is 0. The minimum Gasteiger partial charge on any atom is -0.454 e. The molecular weight excluding hydrogens is 359 g/mol. The second-order valence-electron chi connectivity index (χ2n) is 6.20. The van der Waals surface area contributed by atoms with Crippen LogP contribution in [0.15, 0.2) is 73.1 Å². The van der Waals surface area contributed by atoms with Gasteiger partial charge in [-0.05, 0) is 65.7 Å². The van der Waals surface area contributed by atoms with Crippen LogP contribution in [0.3, 0.4) is 0 Å². The molecule has 0 bridgehead atoms. The number of hydrogen-bond acceptors (Lipinski definition) is 4. The van der Waals surface area contributed by atoms with Crippen molar-refractivity contribution in [3.63, 3.8) is 0 Å². The molecule has 6 heteroatoms. The fraction of sp³-hybridized carbons (Fsp3) is 0.0909. The topological polar surface area (TPSA) is 51.7 Å². The van der Waals surface area contributed by atoms with E-state index in [0.29, 0.717) is 23.7 Å². The van der Waals surface area contributed by atoms with Crippen LogP contribution in [0.1, 0.15) is 11.1 Å². The van der Waals surface area contributed by atoms with E-state index in [1.54, 1.807) is 35.5 Å². The first-order valence-corrected chi connectivity index (χ1v) is 8.73. The molecule has 5 nitrogen and oxygen atoms in total. The lowest BCUT2D eigenvalue weighted by Gasteiger charge is -2.22. The summed E-state index contributed by atoms with van der Waals surface area (Å²) < 4.78 is 24.1. The lowest BCUT2D eigenvalue weighted by Crippen LogP contribution is -2.28. The Morgan fingerprint density at radius 2 is 1.79 bits per heavy atom. The Kier molecular flexibility index (Phi) is 5.01. The number of nitrogens with zero attached hydrogens (tertiary/aromatic N) is 2. The zero-order valence-corrected chi connectivity index (χ0v) is 14.9. The van der Waals surface area contributed by atoms with Crippen LogP contribution in [0.5, 0.6) is 11.5 Å². The van der Waals surface area contributed by atoms with Gasteiger partial charge in [0.05, 0.1) is 6.54 Å². The van der Waals surface area contributed by atoms with Crippen molar-refractivity contribution in [1.82, 2.24) is 4.98 Å². The second-order valence-corrected chi connectivity index (χ2v) is 6.20. The molecule has 0 atom stereocenters. The van der Waals surface area contributed by atoms with Crippen LogP contribution in [0, 0.1) is 5.82 Å². The van der Waals surface area contributed by atoms with Crippen LogP contribution in [-0.4, -0.2) is 17.7 Å². The zero-order valence-electron chi connectivity index (χ0n) is 14.9. The SMILES string of the molecule is O=C(/C=C/c1ccncc1)N(Cc1ccc2c(c1)OCO2)c1ccc(F)cc1. The minimum atomic E-state index is -0.355. The molecule has 0 unspecified atom stereocenters. The number of amides is 1. The van der Waals surface area contributed by atoms with Crippen molar-refractivity contribution in [2.24, 2.45) is 0 Å². The molecule has 1 aromatic heterocycles. The first-order valence-electron chi connectivity index (χ1n) is 8.73. The Balaban J connectivity index is 1.61. The van der Waals surface area contributed by atoms with Gasteiger partial charge in [0.2, 0.25) is 6.79 Å². The van der Waals surface area contributed by atoms with E-state index in [4.69, 9.17) is 9.47 Å². The van der Waals surface area contributed by atoms with Crippen LogP contribution in [0.4, 0.5) is 10.1 Å². The van der Waals surface area contributed by atoms with Gasteiger partial charge in [-0.3, -0.25) is 9.78 Å². The van der Waals surface area contributed by atoms with Crippen LogP contribution < -0.4 is 14.4 Å². The molecule has 0 spiro atoms. The van der Waals surface area contributed by atoms with Gasteiger partial charge in [0.25, 0.3) is 5.91 Å². The summed E-state index contributed by atoms with van der Waals surface area (Å²) in [6, 6.07) is 15.0. The second kappa shape index (κ2) is 7.92. The summed E-state index contributed by atoms with van der Waals surface area (Å²) >= 11 is 0. The number of pyridine rings is 1. The summed E-state index contributed by atoms with van der Waals surface area (Å²) in [6.45, 7) is 0.496. The molecule has 28 heavy (non-hydrogen) atoms. The molecule has 0 fully saturated rings. The zero-order chi connectivity index (χ0) is 19.3. The molecule has 0 saturated heterocycles. The highest BCUT2D eigenvalue weighted by Gasteiger charge is 2.18. The first kappa shape index (κ1) is 17.7. The molecule has 0 aliphatic carbocycles. The van der Waals surface area contributed by atoms with E-state index in [1.165, 1.54) is 18.2 Å². The molecule has 2 heterocycles. The fourth-order valence-corrected chi connectivity index (χ4v) is 2.87. The smallest absolute Gasteiger partial charge is 0.251 e. The maximum absolute atomic E-state index is 13.3. The number of rotatable bonds is 5. The molecule has 0 radical (unpaired) electrons. The van der Waals surface area contributed by atoms with Crippen LogP contribution in [0.2, 0.25) is 0 Å². The van der Waals surface area contributed by atoms with E-state index in [9.17, 15) is 9.18 Å². The van der Waals surface area contributed by atoms with Crippen molar-refractivity contribution < 1.29 is 18.7 Å². The molecule has 1 amide bonds. The van der Waals surface area contributed by atoms with Gasteiger partial charge in [-0.1, -0.05) is 6.07 Å². The van der Waals surface area contributed by atoms with Gasteiger partial charge in [-0.25, -0.2) is 4.39 Å². The van der Waals surface area contributed by atoms with Gasteiger partial charge >= 0.3 is 0 Å². The van der Waals surface area contributed by atoms with E-state index in [0.717, 1.165) is 11.1 Å². The predicted octanol–water partition coefficient (Wildman–Crippen LogP) is 4.20. The summed E-state index contributed by atoms with van der Waals surface area (Å²) in [5, 5.41) is 0. The Morgan fingerprint density at radius 1 is 1.04 bits per heavy atom. The average molecular weight is 376 g/mol. The van der Waals surface area contributed by atoms with Gasteiger partial charge in [-0.2, -0.15) is 0 Å². The predicted molar refractivity (Wildman–Crippen MR) is 103 cm³/mol. The number of anilines is 1. The van der Waals surface area contributed by atoms with E-state index >= 15 is 0 Å². The Labute approximate surface area is 161 Å². The number of ether oxygens (including phenoxy) is 2. The lowest BCUT2D eigenvalue weighted by atomic mass is 10.1. The monoisotopic (exact) mass is 376 g/mol. The Bertz CT molecular complexity index is 1000. The number of aromatic nitrogens is 1. The number of hydrogen-bond donors (Lipinski definition) is 0. The Hall–Kier alpha value is -3.67. The van der Waals surface area contributed by atoms with E-state index in [2.05, 4.69) is 4.98 Å². The van der Waals surface area contributed by atoms with Crippen LogP contribution >= 0.6 is 0 Å². The van der Waals surface area contributed by atoms with Crippen molar-refractivity contribution in [3.05, 3.63) is 90.0 Å². The number of carbonyl (C=O) groups excluding carboxylic acids is 1. The molecule has 1 aliphatic heterocycles. The van der Waals surface area contributed by atoms with E-state index < -0.39 is 0 Å². The summed E-state index contributed by atoms with van der Waals surface area (Å²) in [5.41, 5.74) is 2.34. The van der Waals surface area contributed by atoms with Gasteiger partial charge in [-0.15, -0.1) is 0 Å². The van der Waals surface area contributed by atoms with E-state index in [-0.39, 0.29) is 18.5 Å². The molecule has 1 aliphatic rings. The fourth-order valence-electron chi connectivity index (χ4n) is 2.87. The number of carbonyl (C=O) groups is 1. The maximum atomic E-state index is 13.3. The quantitative estimate of drug-likeness (QED) is 0.627. The highest BCUT2D eigenvalue weighted by Crippen LogP contribution is 2.33. The highest BCUT2D eigenvalue weighted by atomic mass is 19.1. The summed E-state index contributed by atoms with van der Waals surface area (Å²) in [6.07, 6.45) is 6.54. The third-order valence-corrected chi connectivity index (χ3v) is 4.31. The minimum absolute atomic E-state index is 0.189. The van der Waals surface area contributed by atoms with Crippen LogP contribution in [-0.2, 0) is 11.3 Å². The van der Waals surface area contributed by atoms with Crippen molar-refractivity contribution in [2.45, 2.75) is 6.54 Å². The van der Waals surface area contributed by atoms with Crippen molar-refractivity contribution in [2.75, 3.05) is 11.7 Å². The normalized spacial score (nSPS) is 12.3. The lowest BCUT2D eigenvalue weighted by molar-refractivity contribution is -0.114. The molecule has 0 saturated carbocycles. The largest absolute Gasteiger partial charge is 0.454 e. The maximum Gasteiger partial charge on any atom is 0.251 e. The standard InChI is InChI=1S/C22H17FN2O3/c23-18-3-5-19(6-4-18)25(22(26)8-2-16-9-11-24-12-10-16)14-17-1-7-20-21(13-17)28-15-27-20/h1-13H,14-15H2/b8-2+. The Morgan fingerprint density at radius 3 is 2.57 bits per heavy atom. The summed E-state index contributed by atoms with van der Waals surface area (Å²) in [5.74, 6) is 0.755. The molecule has 2 aromatic carbocycles. The number of halogens is 1. The molecule has 3 aromatic rings. The molecule has 0 N–H and O–H groups in total. The van der Waals surface area contributed by atoms with Crippen LogP contribution in [0.25, 0.3) is 6.08 Å². The highest BCUT2D eigenvalue weighted by molar-refractivity contribution is 6.03. The molecule has 4 rings (SSSR count). The van der Waals surface area contributed by atoms with Gasteiger partial charge in [0.1, 0.15) is 5.82 Å². The van der Waals surface area contributed by atoms with Crippen molar-refractivity contribution in [1.29, 1.82) is 0 Å². The van der Waals surface area contributed by atoms with Crippen molar-refractivity contribution in [3.8, 4) is 11.5 Å². The van der Waals surface area contributed by atoms with Crippen molar-refractivity contribution >= 4 is 17.7 Å². The van der Waals surface area contributed by atoms with Gasteiger partial charge in [0, 0.05) is 24.2 Å². The number of benzene rings is 2. The first-order chi connectivity index (χ1) is 13.7. The molecule has 140 valence electrons. The summed E-state index contributed by atoms with van der Waals surface area (Å²) in [4.78, 5) is 18.5. The molecular formula is C22H17FN2O3. The van der Waals surface area contributed by atoms with Gasteiger partial charge < -0.3 is 14.4 Å². The van der Waals surface area contributed by atoms with Gasteiger partial charge in [0.15, 0.2) is 11.5 Å². The third-order valence-electron chi connectivity index (χ3n) is 4.31. The number of fused-ring (bicyclic) bond motifs is 1.